The maximum Gasteiger partial charge on any atom is 0.235 e. The van der Waals surface area contributed by atoms with E-state index in [-0.39, 0.29) is 6.42 Å². The average molecular weight is 525 g/mol. The van der Waals surface area contributed by atoms with Crippen molar-refractivity contribution in [2.45, 2.75) is 46.6 Å². The lowest BCUT2D eigenvalue weighted by Gasteiger charge is -2.43. The standard InChI is InChI=1S/C33H36N2O4/c1-20-11-9-15-26(22(20)3)34-31(37)29-25(18-17-24-13-7-6-8-14-24)30(33(5,39)19-28(29)36)32(38)35-27-16-10-12-21(2)23(27)4/h6-18,25,29-30,39H,19H2,1-5H3,(H,34,37)(H,35,38)/b18-17+. The highest BCUT2D eigenvalue weighted by Crippen LogP contribution is 2.42. The summed E-state index contributed by atoms with van der Waals surface area (Å²) in [5, 5.41) is 17.4. The van der Waals surface area contributed by atoms with E-state index in [4.69, 9.17) is 0 Å². The third-order valence-corrected chi connectivity index (χ3v) is 7.92. The molecule has 2 amide bonds. The second-order valence-electron chi connectivity index (χ2n) is 10.8. The highest BCUT2D eigenvalue weighted by atomic mass is 16.3. The molecule has 0 bridgehead atoms. The number of hydrogen-bond donors (Lipinski definition) is 3. The summed E-state index contributed by atoms with van der Waals surface area (Å²) in [5.41, 5.74) is 4.31. The topological polar surface area (TPSA) is 95.5 Å². The molecule has 6 nitrogen and oxygen atoms in total. The summed E-state index contributed by atoms with van der Waals surface area (Å²) in [6, 6.07) is 20.7. The monoisotopic (exact) mass is 524 g/mol. The van der Waals surface area contributed by atoms with Crippen LogP contribution >= 0.6 is 0 Å². The Morgan fingerprint density at radius 3 is 1.92 bits per heavy atom. The summed E-state index contributed by atoms with van der Waals surface area (Å²) in [6.45, 7) is 9.24. The summed E-state index contributed by atoms with van der Waals surface area (Å²) in [7, 11) is 0. The van der Waals surface area contributed by atoms with Crippen LogP contribution in [0, 0.1) is 45.4 Å². The van der Waals surface area contributed by atoms with Crippen molar-refractivity contribution in [3.05, 3.63) is 101 Å². The van der Waals surface area contributed by atoms with E-state index in [1.54, 1.807) is 18.2 Å². The van der Waals surface area contributed by atoms with Crippen LogP contribution in [-0.2, 0) is 14.4 Å². The SMILES string of the molecule is Cc1cccc(NC(=O)C2C(=O)CC(C)(O)C(C(=O)Nc3cccc(C)c3C)C2/C=C/c2ccccc2)c1C. The number of anilines is 2. The van der Waals surface area contributed by atoms with Gasteiger partial charge in [0, 0.05) is 23.7 Å². The molecule has 0 saturated heterocycles. The Morgan fingerprint density at radius 1 is 0.821 bits per heavy atom. The molecule has 1 fully saturated rings. The average Bonchev–Trinajstić information content (AvgIpc) is 2.88. The molecule has 1 saturated carbocycles. The number of allylic oxidation sites excluding steroid dienone is 1. The third-order valence-electron chi connectivity index (χ3n) is 7.92. The van der Waals surface area contributed by atoms with E-state index in [2.05, 4.69) is 10.6 Å². The zero-order valence-corrected chi connectivity index (χ0v) is 23.1. The van der Waals surface area contributed by atoms with Gasteiger partial charge >= 0.3 is 0 Å². The van der Waals surface area contributed by atoms with Gasteiger partial charge in [-0.2, -0.15) is 0 Å². The number of Topliss-reactive ketones (excluding diaryl/α,β-unsaturated/α-hetero) is 1. The number of benzene rings is 3. The van der Waals surface area contributed by atoms with Crippen molar-refractivity contribution in [1.29, 1.82) is 0 Å². The fourth-order valence-corrected chi connectivity index (χ4v) is 5.38. The second kappa shape index (κ2) is 11.4. The summed E-state index contributed by atoms with van der Waals surface area (Å²) in [4.78, 5) is 41.0. The van der Waals surface area contributed by atoms with Gasteiger partial charge in [0.05, 0.1) is 11.5 Å². The maximum absolute atomic E-state index is 13.9. The molecule has 3 aromatic rings. The zero-order chi connectivity index (χ0) is 28.3. The number of aliphatic hydroxyl groups is 1. The minimum Gasteiger partial charge on any atom is -0.389 e. The van der Waals surface area contributed by atoms with Crippen molar-refractivity contribution in [3.8, 4) is 0 Å². The van der Waals surface area contributed by atoms with Gasteiger partial charge in [-0.25, -0.2) is 0 Å². The van der Waals surface area contributed by atoms with E-state index >= 15 is 0 Å². The molecule has 0 heterocycles. The van der Waals surface area contributed by atoms with Crippen molar-refractivity contribution in [2.75, 3.05) is 10.6 Å². The molecule has 39 heavy (non-hydrogen) atoms. The van der Waals surface area contributed by atoms with Crippen LogP contribution in [0.2, 0.25) is 0 Å². The number of amides is 2. The lowest BCUT2D eigenvalue weighted by Crippen LogP contribution is -2.57. The van der Waals surface area contributed by atoms with E-state index in [1.807, 2.05) is 88.4 Å². The van der Waals surface area contributed by atoms with Crippen LogP contribution in [0.25, 0.3) is 6.08 Å². The van der Waals surface area contributed by atoms with Gasteiger partial charge in [-0.15, -0.1) is 0 Å². The van der Waals surface area contributed by atoms with Gasteiger partial charge in [0.25, 0.3) is 0 Å². The maximum atomic E-state index is 13.9. The first kappa shape index (κ1) is 28.0. The predicted octanol–water partition coefficient (Wildman–Crippen LogP) is 5.78. The molecule has 4 rings (SSSR count). The predicted molar refractivity (Wildman–Crippen MR) is 155 cm³/mol. The Hall–Kier alpha value is -4.03. The van der Waals surface area contributed by atoms with Crippen molar-refractivity contribution in [1.82, 2.24) is 0 Å². The van der Waals surface area contributed by atoms with Crippen LogP contribution in [0.1, 0.15) is 41.2 Å². The van der Waals surface area contributed by atoms with Crippen LogP contribution in [0.4, 0.5) is 11.4 Å². The minimum absolute atomic E-state index is 0.307. The van der Waals surface area contributed by atoms with E-state index in [1.165, 1.54) is 6.92 Å². The molecule has 202 valence electrons. The Bertz CT molecular complexity index is 1420. The highest BCUT2D eigenvalue weighted by molar-refractivity contribution is 6.10. The number of hydrogen-bond acceptors (Lipinski definition) is 4. The molecule has 3 aromatic carbocycles. The van der Waals surface area contributed by atoms with Gasteiger partial charge in [0.1, 0.15) is 11.7 Å². The molecule has 1 aliphatic rings. The van der Waals surface area contributed by atoms with Crippen molar-refractivity contribution in [3.63, 3.8) is 0 Å². The molecule has 6 heteroatoms. The van der Waals surface area contributed by atoms with Gasteiger partial charge < -0.3 is 15.7 Å². The van der Waals surface area contributed by atoms with Crippen LogP contribution in [-0.4, -0.2) is 28.3 Å². The van der Waals surface area contributed by atoms with Gasteiger partial charge in [0.15, 0.2) is 0 Å². The van der Waals surface area contributed by atoms with Crippen LogP contribution in [0.5, 0.6) is 0 Å². The summed E-state index contributed by atoms with van der Waals surface area (Å²) in [5.74, 6) is -4.41. The fourth-order valence-electron chi connectivity index (χ4n) is 5.38. The van der Waals surface area contributed by atoms with Crippen LogP contribution < -0.4 is 10.6 Å². The number of carbonyl (C=O) groups excluding carboxylic acids is 3. The Kier molecular flexibility index (Phi) is 8.17. The molecule has 0 spiro atoms. The molecule has 0 aliphatic heterocycles. The highest BCUT2D eigenvalue weighted by Gasteiger charge is 2.54. The van der Waals surface area contributed by atoms with Gasteiger partial charge in [-0.1, -0.05) is 66.7 Å². The molecular weight excluding hydrogens is 488 g/mol. The largest absolute Gasteiger partial charge is 0.389 e. The third kappa shape index (κ3) is 6.02. The Balaban J connectivity index is 1.75. The number of aryl methyl sites for hydroxylation is 2. The number of carbonyl (C=O) groups is 3. The number of nitrogens with one attached hydrogen (secondary N) is 2. The molecular formula is C33H36N2O4. The van der Waals surface area contributed by atoms with Crippen molar-refractivity contribution < 1.29 is 19.5 Å². The van der Waals surface area contributed by atoms with E-state index in [9.17, 15) is 19.5 Å². The molecule has 4 unspecified atom stereocenters. The molecule has 0 radical (unpaired) electrons. The Morgan fingerprint density at radius 2 is 1.36 bits per heavy atom. The van der Waals surface area contributed by atoms with E-state index in [0.29, 0.717) is 11.4 Å². The normalized spacial score (nSPS) is 23.0. The molecule has 4 atom stereocenters. The summed E-state index contributed by atoms with van der Waals surface area (Å²) in [6.07, 6.45) is 3.22. The van der Waals surface area contributed by atoms with E-state index in [0.717, 1.165) is 27.8 Å². The van der Waals surface area contributed by atoms with Gasteiger partial charge in [0.2, 0.25) is 11.8 Å². The van der Waals surface area contributed by atoms with Gasteiger partial charge in [-0.3, -0.25) is 14.4 Å². The first-order valence-electron chi connectivity index (χ1n) is 13.2. The number of rotatable bonds is 6. The molecule has 1 aliphatic carbocycles. The summed E-state index contributed by atoms with van der Waals surface area (Å²) < 4.78 is 0. The Labute approximate surface area is 230 Å². The molecule has 0 aromatic heterocycles. The first-order valence-corrected chi connectivity index (χ1v) is 13.2. The minimum atomic E-state index is -1.65. The van der Waals surface area contributed by atoms with Crippen LogP contribution in [0.3, 0.4) is 0 Å². The van der Waals surface area contributed by atoms with Gasteiger partial charge in [-0.05, 0) is 74.6 Å². The van der Waals surface area contributed by atoms with Crippen molar-refractivity contribution >= 4 is 35.0 Å². The lowest BCUT2D eigenvalue weighted by molar-refractivity contribution is -0.152. The second-order valence-corrected chi connectivity index (χ2v) is 10.8. The van der Waals surface area contributed by atoms with Crippen LogP contribution in [0.15, 0.2) is 72.8 Å². The summed E-state index contributed by atoms with van der Waals surface area (Å²) >= 11 is 0. The quantitative estimate of drug-likeness (QED) is 0.356. The zero-order valence-electron chi connectivity index (χ0n) is 23.1. The van der Waals surface area contributed by atoms with Crippen molar-refractivity contribution in [2.24, 2.45) is 17.8 Å². The number of ketones is 1. The lowest BCUT2D eigenvalue weighted by atomic mass is 9.63. The fraction of sp³-hybridized carbons (Fsp3) is 0.303. The van der Waals surface area contributed by atoms with E-state index < -0.39 is 41.0 Å². The molecule has 3 N–H and O–H groups in total. The smallest absolute Gasteiger partial charge is 0.235 e. The first-order chi connectivity index (χ1) is 18.5.